The summed E-state index contributed by atoms with van der Waals surface area (Å²) in [5.74, 6) is 0. The first-order chi connectivity index (χ1) is 9.59. The second-order valence-electron chi connectivity index (χ2n) is 4.20. The number of nitrogens with zero attached hydrogens (tertiary/aromatic N) is 4. The minimum Gasteiger partial charge on any atom is -0.150 e. The van der Waals surface area contributed by atoms with Crippen molar-refractivity contribution in [2.45, 2.75) is 0 Å². The summed E-state index contributed by atoms with van der Waals surface area (Å²) in [6, 6.07) is 3.83. The fourth-order valence-corrected chi connectivity index (χ4v) is 4.25. The normalized spacial score (nSPS) is 12.0. The first kappa shape index (κ1) is 13.2. The third-order valence-electron chi connectivity index (χ3n) is 3.14. The van der Waals surface area contributed by atoms with E-state index in [1.54, 1.807) is 0 Å². The molecule has 8 heteroatoms. The molecule has 2 heterocycles. The fraction of sp³-hybridized carbons (Fsp3) is 0. The van der Waals surface area contributed by atoms with Crippen molar-refractivity contribution in [2.75, 3.05) is 0 Å². The van der Waals surface area contributed by atoms with E-state index in [0.29, 0.717) is 0 Å². The van der Waals surface area contributed by atoms with E-state index in [9.17, 15) is 0 Å². The van der Waals surface area contributed by atoms with Gasteiger partial charge in [-0.3, -0.25) is 0 Å². The lowest BCUT2D eigenvalue weighted by Gasteiger charge is -2.12. The van der Waals surface area contributed by atoms with Crippen LogP contribution in [-0.4, -0.2) is 20.4 Å². The van der Waals surface area contributed by atoms with Crippen LogP contribution < -0.4 is 0 Å². The molecule has 4 aromatic rings. The predicted molar refractivity (Wildman–Crippen MR) is 92.1 cm³/mol. The lowest BCUT2D eigenvalue weighted by Crippen LogP contribution is -1.98. The molecule has 0 saturated carbocycles. The molecule has 0 N–H and O–H groups in total. The van der Waals surface area contributed by atoms with Gasteiger partial charge < -0.3 is 0 Å². The number of halogens is 4. The Morgan fingerprint density at radius 3 is 1.90 bits per heavy atom. The third kappa shape index (κ3) is 1.62. The maximum absolute atomic E-state index is 4.33. The number of rotatable bonds is 0. The molecule has 2 aromatic heterocycles. The van der Waals surface area contributed by atoms with Gasteiger partial charge in [0, 0.05) is 15.2 Å². The first-order valence-electron chi connectivity index (χ1n) is 5.46. The average molecular weight is 522 g/mol. The summed E-state index contributed by atoms with van der Waals surface area (Å²) >= 11 is 14.1. The van der Waals surface area contributed by atoms with Crippen LogP contribution in [0.15, 0.2) is 30.0 Å². The summed E-state index contributed by atoms with van der Waals surface area (Å²) in [6.07, 6.45) is 0. The second kappa shape index (κ2) is 4.53. The number of aromatic nitrogens is 4. The van der Waals surface area contributed by atoms with Gasteiger partial charge in [0.25, 0.3) is 0 Å². The zero-order valence-electron chi connectivity index (χ0n) is 9.46. The molecule has 0 radical (unpaired) electrons. The minimum absolute atomic E-state index is 0.764. The Labute approximate surface area is 146 Å². The Kier molecular flexibility index (Phi) is 3.00. The molecule has 0 amide bonds. The van der Waals surface area contributed by atoms with E-state index in [1.165, 1.54) is 0 Å². The molecular formula is C12H2Br4N4. The van der Waals surface area contributed by atoms with Gasteiger partial charge in [-0.15, -0.1) is 20.4 Å². The van der Waals surface area contributed by atoms with Gasteiger partial charge in [0.1, 0.15) is 16.6 Å². The van der Waals surface area contributed by atoms with E-state index in [-0.39, 0.29) is 0 Å². The topological polar surface area (TPSA) is 51.6 Å². The van der Waals surface area contributed by atoms with Gasteiger partial charge in [0.2, 0.25) is 0 Å². The van der Waals surface area contributed by atoms with Crippen LogP contribution >= 0.6 is 63.7 Å². The van der Waals surface area contributed by atoms with Gasteiger partial charge in [-0.05, 0) is 75.9 Å². The maximum Gasteiger partial charge on any atom is 0.111 e. The van der Waals surface area contributed by atoms with Gasteiger partial charge in [0.05, 0.1) is 18.9 Å². The average Bonchev–Trinajstić information content (AvgIpc) is 2.47. The van der Waals surface area contributed by atoms with Crippen molar-refractivity contribution in [1.29, 1.82) is 0 Å². The van der Waals surface area contributed by atoms with Gasteiger partial charge in [-0.1, -0.05) is 0 Å². The van der Waals surface area contributed by atoms with Crippen LogP contribution in [-0.2, 0) is 0 Å². The van der Waals surface area contributed by atoms with Gasteiger partial charge in [-0.25, -0.2) is 0 Å². The number of hydrogen-bond donors (Lipinski definition) is 0. The molecule has 98 valence electrons. The highest BCUT2D eigenvalue weighted by Gasteiger charge is 2.20. The molecule has 20 heavy (non-hydrogen) atoms. The Balaban J connectivity index is 2.46. The maximum atomic E-state index is 4.33. The Morgan fingerprint density at radius 2 is 1.20 bits per heavy atom. The first-order valence-corrected chi connectivity index (χ1v) is 8.63. The molecule has 0 saturated heterocycles. The molecule has 0 bridgehead atoms. The smallest absolute Gasteiger partial charge is 0.111 e. The molecule has 4 rings (SSSR count). The van der Waals surface area contributed by atoms with Crippen LogP contribution in [0.2, 0.25) is 0 Å². The van der Waals surface area contributed by atoms with Crippen molar-refractivity contribution in [1.82, 2.24) is 20.4 Å². The van der Waals surface area contributed by atoms with Crippen LogP contribution in [0, 0.1) is 0 Å². The largest absolute Gasteiger partial charge is 0.150 e. The molecule has 0 aliphatic carbocycles. The summed E-state index contributed by atoms with van der Waals surface area (Å²) in [5, 5.41) is 19.1. The highest BCUT2D eigenvalue weighted by Crippen LogP contribution is 2.43. The monoisotopic (exact) mass is 518 g/mol. The van der Waals surface area contributed by atoms with Crippen molar-refractivity contribution in [3.05, 3.63) is 30.0 Å². The Bertz CT molecular complexity index is 977. The summed E-state index contributed by atoms with van der Waals surface area (Å²) in [7, 11) is 0. The zero-order chi connectivity index (χ0) is 14.0. The van der Waals surface area contributed by atoms with Crippen LogP contribution in [0.25, 0.3) is 32.8 Å². The highest BCUT2D eigenvalue weighted by atomic mass is 79.9. The van der Waals surface area contributed by atoms with Crippen molar-refractivity contribution < 1.29 is 0 Å². The zero-order valence-corrected chi connectivity index (χ0v) is 15.8. The van der Waals surface area contributed by atoms with Crippen molar-refractivity contribution >= 4 is 96.6 Å². The molecule has 0 fully saturated rings. The molecule has 0 unspecified atom stereocenters. The molecule has 0 aliphatic heterocycles. The Hall–Kier alpha value is -0.440. The molecule has 0 atom stereocenters. The van der Waals surface area contributed by atoms with E-state index in [1.807, 2.05) is 12.1 Å². The molecule has 0 aliphatic rings. The lowest BCUT2D eigenvalue weighted by molar-refractivity contribution is 1.09. The third-order valence-corrected chi connectivity index (χ3v) is 7.18. The number of benzene rings is 2. The quantitative estimate of drug-likeness (QED) is 0.235. The van der Waals surface area contributed by atoms with Gasteiger partial charge in [0.15, 0.2) is 0 Å². The van der Waals surface area contributed by atoms with E-state index in [0.717, 1.165) is 50.7 Å². The standard InChI is InChI=1S/C12H2Br4N4/c13-3-1-2-4-5-6-11(19-17-4)8(15)7(14)9(16)12(6)20-18-10(3)5/h1-2H. The summed E-state index contributed by atoms with van der Waals surface area (Å²) in [6.45, 7) is 0. The Morgan fingerprint density at radius 1 is 0.600 bits per heavy atom. The fourth-order valence-electron chi connectivity index (χ4n) is 2.25. The van der Waals surface area contributed by atoms with E-state index in [4.69, 9.17) is 0 Å². The second-order valence-corrected chi connectivity index (χ2v) is 7.44. The lowest BCUT2D eigenvalue weighted by atomic mass is 10.1. The summed E-state index contributed by atoms with van der Waals surface area (Å²) < 4.78 is 3.44. The van der Waals surface area contributed by atoms with Crippen LogP contribution in [0.5, 0.6) is 0 Å². The van der Waals surface area contributed by atoms with E-state index in [2.05, 4.69) is 84.1 Å². The summed E-state index contributed by atoms with van der Waals surface area (Å²) in [4.78, 5) is 0. The van der Waals surface area contributed by atoms with Crippen LogP contribution in [0.4, 0.5) is 0 Å². The van der Waals surface area contributed by atoms with E-state index < -0.39 is 0 Å². The SMILES string of the molecule is Brc1c(Br)c2nnc3ccc(Br)c4nnc(c1Br)c2c34. The molecule has 2 aromatic carbocycles. The van der Waals surface area contributed by atoms with Crippen LogP contribution in [0.1, 0.15) is 0 Å². The van der Waals surface area contributed by atoms with Crippen molar-refractivity contribution in [2.24, 2.45) is 0 Å². The molecular weight excluding hydrogens is 520 g/mol. The van der Waals surface area contributed by atoms with Gasteiger partial charge in [-0.2, -0.15) is 0 Å². The molecule has 4 nitrogen and oxygen atoms in total. The van der Waals surface area contributed by atoms with Crippen molar-refractivity contribution in [3.8, 4) is 0 Å². The van der Waals surface area contributed by atoms with Gasteiger partial charge >= 0.3 is 0 Å². The van der Waals surface area contributed by atoms with E-state index >= 15 is 0 Å². The predicted octanol–water partition coefficient (Wildman–Crippen LogP) is 5.21. The summed E-state index contributed by atoms with van der Waals surface area (Å²) in [5.41, 5.74) is 3.12. The van der Waals surface area contributed by atoms with Crippen molar-refractivity contribution in [3.63, 3.8) is 0 Å². The number of hydrogen-bond acceptors (Lipinski definition) is 4. The highest BCUT2D eigenvalue weighted by molar-refractivity contribution is 9.14. The minimum atomic E-state index is 0.764. The van der Waals surface area contributed by atoms with Crippen LogP contribution in [0.3, 0.4) is 0 Å². The molecule has 0 spiro atoms.